The highest BCUT2D eigenvalue weighted by atomic mass is 16.6. The molecule has 0 bridgehead atoms. The number of nitro groups is 1. The lowest BCUT2D eigenvalue weighted by Gasteiger charge is -2.00. The van der Waals surface area contributed by atoms with Gasteiger partial charge in [-0.15, -0.1) is 0 Å². The lowest BCUT2D eigenvalue weighted by Crippen LogP contribution is -1.99. The van der Waals surface area contributed by atoms with E-state index in [2.05, 4.69) is 9.97 Å². The quantitative estimate of drug-likeness (QED) is 0.637. The van der Waals surface area contributed by atoms with Crippen LogP contribution in [0.2, 0.25) is 0 Å². The molecule has 17 heavy (non-hydrogen) atoms. The molecule has 0 atom stereocenters. The number of benzene rings is 1. The maximum atomic E-state index is 10.6. The Labute approximate surface area is 97.3 Å². The Kier molecular flexibility index (Phi) is 3.06. The van der Waals surface area contributed by atoms with Gasteiger partial charge < -0.3 is 5.73 Å². The van der Waals surface area contributed by atoms with Crippen LogP contribution < -0.4 is 5.73 Å². The lowest BCUT2D eigenvalue weighted by atomic mass is 10.2. The molecule has 0 saturated carbocycles. The summed E-state index contributed by atoms with van der Waals surface area (Å²) in [6, 6.07) is 6.20. The Morgan fingerprint density at radius 1 is 1.29 bits per heavy atom. The van der Waals surface area contributed by atoms with Crippen LogP contribution in [0.5, 0.6) is 0 Å². The molecule has 0 saturated heterocycles. The predicted octanol–water partition coefficient (Wildman–Crippen LogP) is 1.51. The van der Waals surface area contributed by atoms with Gasteiger partial charge in [-0.1, -0.05) is 12.1 Å². The molecule has 0 radical (unpaired) electrons. The second kappa shape index (κ2) is 4.67. The summed E-state index contributed by atoms with van der Waals surface area (Å²) < 4.78 is 0. The Bertz CT molecular complexity index is 539. The fourth-order valence-electron chi connectivity index (χ4n) is 1.37. The van der Waals surface area contributed by atoms with E-state index in [1.807, 2.05) is 0 Å². The molecule has 6 nitrogen and oxygen atoms in total. The summed E-state index contributed by atoms with van der Waals surface area (Å²) in [6.45, 7) is 0.370. The topological polar surface area (TPSA) is 94.9 Å². The van der Waals surface area contributed by atoms with E-state index in [0.717, 1.165) is 5.56 Å². The highest BCUT2D eigenvalue weighted by Crippen LogP contribution is 2.20. The number of nitro benzene ring substituents is 1. The fraction of sp³-hybridized carbons (Fsp3) is 0.0909. The molecule has 1 aromatic carbocycles. The molecule has 2 aromatic rings. The highest BCUT2D eigenvalue weighted by Gasteiger charge is 2.08. The average molecular weight is 230 g/mol. The van der Waals surface area contributed by atoms with Crippen molar-refractivity contribution in [1.82, 2.24) is 9.97 Å². The van der Waals surface area contributed by atoms with Crippen molar-refractivity contribution < 1.29 is 4.92 Å². The van der Waals surface area contributed by atoms with Crippen LogP contribution in [0.15, 0.2) is 36.7 Å². The monoisotopic (exact) mass is 230 g/mol. The molecule has 0 aliphatic heterocycles. The first-order valence-corrected chi connectivity index (χ1v) is 4.96. The largest absolute Gasteiger partial charge is 0.326 e. The normalized spacial score (nSPS) is 10.2. The second-order valence-electron chi connectivity index (χ2n) is 3.43. The van der Waals surface area contributed by atoms with Crippen LogP contribution in [0.3, 0.4) is 0 Å². The van der Waals surface area contributed by atoms with E-state index in [1.165, 1.54) is 12.1 Å². The van der Waals surface area contributed by atoms with E-state index < -0.39 is 4.92 Å². The van der Waals surface area contributed by atoms with Crippen LogP contribution in [0.1, 0.15) is 5.56 Å². The van der Waals surface area contributed by atoms with Crippen LogP contribution in [-0.4, -0.2) is 14.9 Å². The first-order valence-electron chi connectivity index (χ1n) is 4.96. The van der Waals surface area contributed by atoms with Crippen molar-refractivity contribution in [3.05, 3.63) is 52.3 Å². The van der Waals surface area contributed by atoms with Crippen molar-refractivity contribution in [3.8, 4) is 11.4 Å². The molecule has 2 N–H and O–H groups in total. The van der Waals surface area contributed by atoms with Crippen LogP contribution in [0.4, 0.5) is 5.69 Å². The molecule has 1 aromatic heterocycles. The summed E-state index contributed by atoms with van der Waals surface area (Å²) in [7, 11) is 0. The van der Waals surface area contributed by atoms with Gasteiger partial charge in [-0.25, -0.2) is 9.97 Å². The van der Waals surface area contributed by atoms with Gasteiger partial charge in [0.1, 0.15) is 0 Å². The summed E-state index contributed by atoms with van der Waals surface area (Å²) >= 11 is 0. The third-order valence-electron chi connectivity index (χ3n) is 2.26. The van der Waals surface area contributed by atoms with Crippen molar-refractivity contribution in [3.63, 3.8) is 0 Å². The van der Waals surface area contributed by atoms with Crippen LogP contribution >= 0.6 is 0 Å². The standard InChI is InChI=1S/C11H10N4O2/c12-5-8-6-13-11(14-7-8)9-2-1-3-10(4-9)15(16)17/h1-4,6-7H,5,12H2. The Morgan fingerprint density at radius 3 is 2.59 bits per heavy atom. The van der Waals surface area contributed by atoms with Gasteiger partial charge >= 0.3 is 0 Å². The predicted molar refractivity (Wildman–Crippen MR) is 62.0 cm³/mol. The summed E-state index contributed by atoms with van der Waals surface area (Å²) in [5.74, 6) is 0.450. The number of nitrogens with two attached hydrogens (primary N) is 1. The zero-order valence-electron chi connectivity index (χ0n) is 8.91. The minimum Gasteiger partial charge on any atom is -0.326 e. The van der Waals surface area contributed by atoms with E-state index >= 15 is 0 Å². The van der Waals surface area contributed by atoms with Crippen LogP contribution in [0, 0.1) is 10.1 Å². The Morgan fingerprint density at radius 2 is 2.00 bits per heavy atom. The van der Waals surface area contributed by atoms with Gasteiger partial charge in [0.25, 0.3) is 5.69 Å². The van der Waals surface area contributed by atoms with Gasteiger partial charge in [-0.05, 0) is 0 Å². The third kappa shape index (κ3) is 2.43. The SMILES string of the molecule is NCc1cnc(-c2cccc([N+](=O)[O-])c2)nc1. The third-order valence-corrected chi connectivity index (χ3v) is 2.26. The molecule has 0 spiro atoms. The van der Waals surface area contributed by atoms with E-state index in [0.29, 0.717) is 17.9 Å². The molecular formula is C11H10N4O2. The molecule has 0 aliphatic rings. The van der Waals surface area contributed by atoms with E-state index in [4.69, 9.17) is 5.73 Å². The maximum Gasteiger partial charge on any atom is 0.270 e. The number of non-ortho nitro benzene ring substituents is 1. The number of hydrogen-bond acceptors (Lipinski definition) is 5. The van der Waals surface area contributed by atoms with Crippen molar-refractivity contribution in [1.29, 1.82) is 0 Å². The summed E-state index contributed by atoms with van der Waals surface area (Å²) in [6.07, 6.45) is 3.22. The van der Waals surface area contributed by atoms with Crippen molar-refractivity contribution >= 4 is 5.69 Å². The van der Waals surface area contributed by atoms with Gasteiger partial charge in [0.05, 0.1) is 4.92 Å². The fourth-order valence-corrected chi connectivity index (χ4v) is 1.37. The van der Waals surface area contributed by atoms with Gasteiger partial charge in [-0.2, -0.15) is 0 Å². The first-order chi connectivity index (χ1) is 8.20. The minimum atomic E-state index is -0.447. The Balaban J connectivity index is 2.38. The van der Waals surface area contributed by atoms with E-state index in [-0.39, 0.29) is 5.69 Å². The second-order valence-corrected chi connectivity index (χ2v) is 3.43. The highest BCUT2D eigenvalue weighted by molar-refractivity contribution is 5.58. The van der Waals surface area contributed by atoms with Gasteiger partial charge in [0, 0.05) is 42.2 Å². The average Bonchev–Trinajstić information content (AvgIpc) is 2.39. The number of aromatic nitrogens is 2. The number of rotatable bonds is 3. The maximum absolute atomic E-state index is 10.6. The lowest BCUT2D eigenvalue weighted by molar-refractivity contribution is -0.384. The van der Waals surface area contributed by atoms with Crippen molar-refractivity contribution in [2.75, 3.05) is 0 Å². The molecule has 2 rings (SSSR count). The molecular weight excluding hydrogens is 220 g/mol. The molecule has 0 fully saturated rings. The molecule has 0 amide bonds. The number of nitrogens with zero attached hydrogens (tertiary/aromatic N) is 3. The van der Waals surface area contributed by atoms with Gasteiger partial charge in [-0.3, -0.25) is 10.1 Å². The Hall–Kier alpha value is -2.34. The van der Waals surface area contributed by atoms with E-state index in [1.54, 1.807) is 24.5 Å². The smallest absolute Gasteiger partial charge is 0.270 e. The molecule has 86 valence electrons. The van der Waals surface area contributed by atoms with Crippen molar-refractivity contribution in [2.45, 2.75) is 6.54 Å². The first kappa shape index (κ1) is 11.2. The summed E-state index contributed by atoms with van der Waals surface area (Å²) in [4.78, 5) is 18.4. The molecule has 0 aliphatic carbocycles. The van der Waals surface area contributed by atoms with E-state index in [9.17, 15) is 10.1 Å². The van der Waals surface area contributed by atoms with Crippen LogP contribution in [-0.2, 0) is 6.54 Å². The van der Waals surface area contributed by atoms with Gasteiger partial charge in [0.2, 0.25) is 0 Å². The molecule has 0 unspecified atom stereocenters. The van der Waals surface area contributed by atoms with Gasteiger partial charge in [0.15, 0.2) is 5.82 Å². The summed E-state index contributed by atoms with van der Waals surface area (Å²) in [5, 5.41) is 10.6. The zero-order chi connectivity index (χ0) is 12.3. The molecule has 6 heteroatoms. The molecule has 1 heterocycles. The van der Waals surface area contributed by atoms with Crippen LogP contribution in [0.25, 0.3) is 11.4 Å². The minimum absolute atomic E-state index is 0.0222. The summed E-state index contributed by atoms with van der Waals surface area (Å²) in [5.41, 5.74) is 6.89. The van der Waals surface area contributed by atoms with Crippen molar-refractivity contribution in [2.24, 2.45) is 5.73 Å². The number of hydrogen-bond donors (Lipinski definition) is 1. The zero-order valence-corrected chi connectivity index (χ0v) is 8.91.